The maximum absolute atomic E-state index is 13.2. The van der Waals surface area contributed by atoms with Gasteiger partial charge in [0.25, 0.3) is 0 Å². The highest BCUT2D eigenvalue weighted by Gasteiger charge is 2.31. The largest absolute Gasteiger partial charge is 0.472 e. The number of hydrogen-bond acceptors (Lipinski definition) is 15. The number of unbranched alkanes of at least 4 members (excludes halogenated alkanes) is 63. The third-order valence-corrected chi connectivity index (χ3v) is 23.4. The molecule has 0 saturated carbocycles. The first-order valence-electron chi connectivity index (χ1n) is 47.1. The molecule has 0 aromatic heterocycles. The molecule has 0 saturated heterocycles. The number of hydrogen-bond donors (Lipinski definition) is 3. The highest BCUT2D eigenvalue weighted by Crippen LogP contribution is 2.45. The molecular weight excluding hydrogens is 1430 g/mol. The molecule has 110 heavy (non-hydrogen) atoms. The third kappa shape index (κ3) is 84.0. The second-order valence-corrected chi connectivity index (χ2v) is 36.1. The topological polar surface area (TPSA) is 237 Å². The SMILES string of the molecule is CCCCCCCCCCCCCCCCCCCCCCC(=O)OC[C@H](COP(=O)(O)OC[C@@H](O)COP(=O)(O)OC[C@@H](COC(=O)CCCCCCCCCCCCCCC)OC(=O)CCCCCCCCCCCCCCCCC(C)C)OC(=O)CCCCCCCCCCCCCCCCCCCCCC. The van der Waals surface area contributed by atoms with Gasteiger partial charge in [-0.25, -0.2) is 9.13 Å². The van der Waals surface area contributed by atoms with E-state index >= 15 is 0 Å². The summed E-state index contributed by atoms with van der Waals surface area (Å²) in [5.74, 6) is -1.30. The molecule has 654 valence electrons. The minimum atomic E-state index is -4.97. The Bertz CT molecular complexity index is 2080. The van der Waals surface area contributed by atoms with Crippen molar-refractivity contribution in [3.05, 3.63) is 0 Å². The Morgan fingerprint density at radius 2 is 0.418 bits per heavy atom. The van der Waals surface area contributed by atoms with Gasteiger partial charge in [0.05, 0.1) is 26.4 Å². The second-order valence-electron chi connectivity index (χ2n) is 33.2. The first-order chi connectivity index (χ1) is 53.5. The zero-order valence-electron chi connectivity index (χ0n) is 72.4. The van der Waals surface area contributed by atoms with Crippen molar-refractivity contribution in [3.63, 3.8) is 0 Å². The number of phosphoric ester groups is 2. The molecule has 0 bridgehead atoms. The first-order valence-corrected chi connectivity index (χ1v) is 50.1. The van der Waals surface area contributed by atoms with Gasteiger partial charge in [0, 0.05) is 25.7 Å². The van der Waals surface area contributed by atoms with Crippen LogP contribution in [0.2, 0.25) is 0 Å². The van der Waals surface area contributed by atoms with E-state index in [-0.39, 0.29) is 25.7 Å². The van der Waals surface area contributed by atoms with Crippen LogP contribution < -0.4 is 0 Å². The number of carbonyl (C=O) groups is 4. The minimum Gasteiger partial charge on any atom is -0.462 e. The fraction of sp³-hybridized carbons (Fsp3) is 0.956. The molecule has 0 spiro atoms. The van der Waals surface area contributed by atoms with E-state index in [0.717, 1.165) is 95.8 Å². The van der Waals surface area contributed by atoms with Gasteiger partial charge in [0.2, 0.25) is 0 Å². The molecule has 0 radical (unpaired) electrons. The van der Waals surface area contributed by atoms with E-state index in [1.165, 1.54) is 321 Å². The molecule has 17 nitrogen and oxygen atoms in total. The number of ether oxygens (including phenoxy) is 4. The van der Waals surface area contributed by atoms with E-state index in [0.29, 0.717) is 25.7 Å². The Morgan fingerprint density at radius 1 is 0.245 bits per heavy atom. The molecule has 0 heterocycles. The summed E-state index contributed by atoms with van der Waals surface area (Å²) in [6.45, 7) is 7.42. The molecule has 0 rings (SSSR count). The molecule has 3 N–H and O–H groups in total. The van der Waals surface area contributed by atoms with Gasteiger partial charge in [-0.2, -0.15) is 0 Å². The summed E-state index contributed by atoms with van der Waals surface area (Å²) in [6, 6.07) is 0. The van der Waals surface area contributed by atoms with E-state index in [2.05, 4.69) is 34.6 Å². The number of esters is 4. The van der Waals surface area contributed by atoms with Gasteiger partial charge in [-0.1, -0.05) is 446 Å². The second kappa shape index (κ2) is 83.5. The highest BCUT2D eigenvalue weighted by atomic mass is 31.2. The lowest BCUT2D eigenvalue weighted by Crippen LogP contribution is -2.30. The highest BCUT2D eigenvalue weighted by molar-refractivity contribution is 7.47. The third-order valence-electron chi connectivity index (χ3n) is 21.5. The molecule has 0 aliphatic heterocycles. The monoisotopic (exact) mass is 1610 g/mol. The molecule has 5 atom stereocenters. The van der Waals surface area contributed by atoms with Crippen LogP contribution in [0.1, 0.15) is 497 Å². The van der Waals surface area contributed by atoms with Crippen LogP contribution in [0.25, 0.3) is 0 Å². The van der Waals surface area contributed by atoms with Crippen LogP contribution >= 0.6 is 15.6 Å². The summed E-state index contributed by atoms with van der Waals surface area (Å²) in [6.07, 6.45) is 79.2. The summed E-state index contributed by atoms with van der Waals surface area (Å²) >= 11 is 0. The molecule has 0 aliphatic rings. The molecule has 0 aromatic rings. The van der Waals surface area contributed by atoms with Gasteiger partial charge in [-0.15, -0.1) is 0 Å². The number of carbonyl (C=O) groups excluding carboxylic acids is 4. The molecule has 19 heteroatoms. The molecule has 0 fully saturated rings. The van der Waals surface area contributed by atoms with Crippen molar-refractivity contribution >= 4 is 39.5 Å². The summed E-state index contributed by atoms with van der Waals surface area (Å²) < 4.78 is 69.1. The maximum Gasteiger partial charge on any atom is 0.472 e. The number of aliphatic hydroxyl groups is 1. The quantitative estimate of drug-likeness (QED) is 0.0222. The summed E-state index contributed by atoms with van der Waals surface area (Å²) in [5.41, 5.74) is 0. The Balaban J connectivity index is 5.25. The van der Waals surface area contributed by atoms with Crippen molar-refractivity contribution in [2.24, 2.45) is 5.92 Å². The van der Waals surface area contributed by atoms with Crippen LogP contribution in [-0.2, 0) is 65.4 Å². The van der Waals surface area contributed by atoms with Gasteiger partial charge in [0.15, 0.2) is 12.2 Å². The summed E-state index contributed by atoms with van der Waals surface area (Å²) in [4.78, 5) is 73.5. The lowest BCUT2D eigenvalue weighted by atomic mass is 10.0. The Labute approximate surface area is 677 Å². The van der Waals surface area contributed by atoms with Gasteiger partial charge >= 0.3 is 39.5 Å². The normalized spacial score (nSPS) is 13.7. The van der Waals surface area contributed by atoms with Gasteiger partial charge in [0.1, 0.15) is 19.3 Å². The fourth-order valence-electron chi connectivity index (χ4n) is 14.4. The zero-order chi connectivity index (χ0) is 80.4. The predicted molar refractivity (Wildman–Crippen MR) is 455 cm³/mol. The van der Waals surface area contributed by atoms with E-state index in [1.54, 1.807) is 0 Å². The lowest BCUT2D eigenvalue weighted by molar-refractivity contribution is -0.161. The van der Waals surface area contributed by atoms with Crippen LogP contribution in [0.3, 0.4) is 0 Å². The van der Waals surface area contributed by atoms with Crippen LogP contribution in [-0.4, -0.2) is 96.7 Å². The van der Waals surface area contributed by atoms with Crippen LogP contribution in [0.15, 0.2) is 0 Å². The van der Waals surface area contributed by atoms with Crippen LogP contribution in [0.5, 0.6) is 0 Å². The molecule has 2 unspecified atom stereocenters. The summed E-state index contributed by atoms with van der Waals surface area (Å²) in [5, 5.41) is 10.7. The van der Waals surface area contributed by atoms with Crippen molar-refractivity contribution < 1.29 is 80.2 Å². The Kier molecular flexibility index (Phi) is 82.1. The van der Waals surface area contributed by atoms with E-state index < -0.39 is 97.5 Å². The molecule has 0 aliphatic carbocycles. The summed E-state index contributed by atoms with van der Waals surface area (Å²) in [7, 11) is -9.94. The smallest absolute Gasteiger partial charge is 0.462 e. The van der Waals surface area contributed by atoms with E-state index in [1.807, 2.05) is 0 Å². The van der Waals surface area contributed by atoms with Crippen molar-refractivity contribution in [3.8, 4) is 0 Å². The fourth-order valence-corrected chi connectivity index (χ4v) is 15.9. The van der Waals surface area contributed by atoms with E-state index in [4.69, 9.17) is 37.0 Å². The van der Waals surface area contributed by atoms with E-state index in [9.17, 15) is 43.2 Å². The average molecular weight is 1610 g/mol. The van der Waals surface area contributed by atoms with Crippen LogP contribution in [0, 0.1) is 5.92 Å². The van der Waals surface area contributed by atoms with Crippen molar-refractivity contribution in [2.75, 3.05) is 39.6 Å². The lowest BCUT2D eigenvalue weighted by Gasteiger charge is -2.21. The number of aliphatic hydroxyl groups excluding tert-OH is 1. The number of rotatable bonds is 91. The first kappa shape index (κ1) is 108. The standard InChI is InChI=1S/C91H178O17P2/c1-6-9-12-15-18-21-24-27-29-31-33-35-37-39-45-50-55-60-65-70-75-89(94)102-81-87(107-90(95)76-71-66-61-56-51-46-40-38-36-34-32-30-28-25-22-19-16-13-10-7-2)83-106-110(99,100)104-79-85(92)78-103-109(97,98)105-82-86(80-101-88(93)74-69-64-59-54-49-43-26-23-20-17-14-11-8-3)108-91(96)77-72-67-62-57-52-47-42-41-44-48-53-58-63-68-73-84(4)5/h84-87,92H,6-83H2,1-5H3,(H,97,98)(H,99,100)/t85-,86+,87+/m0/s1. The van der Waals surface area contributed by atoms with Gasteiger partial charge in [-0.05, 0) is 31.6 Å². The minimum absolute atomic E-state index is 0.109. The molecule has 0 amide bonds. The zero-order valence-corrected chi connectivity index (χ0v) is 74.2. The Morgan fingerprint density at radius 3 is 0.618 bits per heavy atom. The predicted octanol–water partition coefficient (Wildman–Crippen LogP) is 28.3. The van der Waals surface area contributed by atoms with Gasteiger partial charge < -0.3 is 33.8 Å². The van der Waals surface area contributed by atoms with Crippen molar-refractivity contribution in [1.82, 2.24) is 0 Å². The van der Waals surface area contributed by atoms with Crippen LogP contribution in [0.4, 0.5) is 0 Å². The number of phosphoric acid groups is 2. The van der Waals surface area contributed by atoms with Crippen molar-refractivity contribution in [1.29, 1.82) is 0 Å². The Hall–Kier alpha value is -1.94. The maximum atomic E-state index is 13.2. The van der Waals surface area contributed by atoms with Crippen molar-refractivity contribution in [2.45, 2.75) is 515 Å². The molecule has 0 aromatic carbocycles. The van der Waals surface area contributed by atoms with Gasteiger partial charge in [-0.3, -0.25) is 37.3 Å². The average Bonchev–Trinajstić information content (AvgIpc) is 0.899. The molecular formula is C91H178O17P2.